The van der Waals surface area contributed by atoms with Crippen LogP contribution in [-0.2, 0) is 19.4 Å². The van der Waals surface area contributed by atoms with Crippen molar-refractivity contribution in [2.75, 3.05) is 0 Å². The van der Waals surface area contributed by atoms with Gasteiger partial charge in [0.2, 0.25) is 0 Å². The van der Waals surface area contributed by atoms with Gasteiger partial charge >= 0.3 is 0 Å². The molecule has 0 N–H and O–H groups in total. The lowest BCUT2D eigenvalue weighted by atomic mass is 9.85. The minimum atomic E-state index is 0.864. The summed E-state index contributed by atoms with van der Waals surface area (Å²) in [6, 6.07) is 2.29. The Bertz CT molecular complexity index is 393. The van der Waals surface area contributed by atoms with Gasteiger partial charge in [-0.3, -0.25) is 4.99 Å². The van der Waals surface area contributed by atoms with Gasteiger partial charge in [-0.25, -0.2) is 0 Å². The Hall–Kier alpha value is -0.630. The number of fused-ring (bicyclic) bond motifs is 2. The summed E-state index contributed by atoms with van der Waals surface area (Å²) in [5.41, 5.74) is 5.72. The monoisotopic (exact) mass is 221 g/mol. The average Bonchev–Trinajstić information content (AvgIpc) is 2.43. The smallest absolute Gasteiger partial charge is 0.0657 e. The normalized spacial score (nSPS) is 17.1. The number of benzene rings is 1. The van der Waals surface area contributed by atoms with Crippen LogP contribution in [0.15, 0.2) is 15.5 Å². The fourth-order valence-corrected chi connectivity index (χ4v) is 2.71. The molecule has 0 saturated carbocycles. The average molecular weight is 222 g/mol. The fraction of sp³-hybridized carbons (Fsp3) is 0.300. The summed E-state index contributed by atoms with van der Waals surface area (Å²) in [6.07, 6.45) is 4.47. The van der Waals surface area contributed by atoms with E-state index in [1.165, 1.54) is 39.6 Å². The highest BCUT2D eigenvalue weighted by Crippen LogP contribution is 2.36. The first-order chi connectivity index (χ1) is 5.86. The first kappa shape index (κ1) is 6.84. The van der Waals surface area contributed by atoms with Crippen LogP contribution in [0.2, 0.25) is 0 Å². The zero-order chi connectivity index (χ0) is 8.13. The third-order valence-corrected chi connectivity index (χ3v) is 3.68. The maximum Gasteiger partial charge on any atom is 0.0657 e. The molecule has 0 radical (unpaired) electrons. The van der Waals surface area contributed by atoms with Crippen LogP contribution < -0.4 is 0 Å². The Balaban J connectivity index is 2.34. The van der Waals surface area contributed by atoms with E-state index >= 15 is 0 Å². The molecule has 0 spiro atoms. The maximum atomic E-state index is 4.27. The summed E-state index contributed by atoms with van der Waals surface area (Å²) in [5.74, 6) is 0. The highest BCUT2D eigenvalue weighted by atomic mass is 79.9. The first-order valence-electron chi connectivity index (χ1n) is 4.19. The number of rotatable bonds is 0. The van der Waals surface area contributed by atoms with E-state index < -0.39 is 0 Å². The predicted molar refractivity (Wildman–Crippen MR) is 52.8 cm³/mol. The topological polar surface area (TPSA) is 12.4 Å². The summed E-state index contributed by atoms with van der Waals surface area (Å²) in [4.78, 5) is 4.27. The number of hydrogen-bond acceptors (Lipinski definition) is 1. The van der Waals surface area contributed by atoms with Gasteiger partial charge in [0.1, 0.15) is 0 Å². The fourth-order valence-electron chi connectivity index (χ4n) is 1.90. The predicted octanol–water partition coefficient (Wildman–Crippen LogP) is 2.48. The molecule has 2 heteroatoms. The lowest BCUT2D eigenvalue weighted by Gasteiger charge is -2.22. The molecule has 1 aliphatic carbocycles. The molecular formula is C10H8BrN. The molecule has 1 heterocycles. The molecule has 1 aromatic carbocycles. The Morgan fingerprint density at radius 2 is 2.17 bits per heavy atom. The van der Waals surface area contributed by atoms with Gasteiger partial charge in [-0.05, 0) is 41.2 Å². The van der Waals surface area contributed by atoms with E-state index in [9.17, 15) is 0 Å². The second kappa shape index (κ2) is 2.19. The van der Waals surface area contributed by atoms with Crippen molar-refractivity contribution in [1.29, 1.82) is 0 Å². The molecule has 1 aliphatic heterocycles. The second-order valence-electron chi connectivity index (χ2n) is 3.37. The third-order valence-electron chi connectivity index (χ3n) is 2.72. The summed E-state index contributed by atoms with van der Waals surface area (Å²) in [7, 11) is 0. The molecule has 1 nitrogen and oxygen atoms in total. The quantitative estimate of drug-likeness (QED) is 0.639. The van der Waals surface area contributed by atoms with Crippen molar-refractivity contribution >= 4 is 22.1 Å². The summed E-state index contributed by atoms with van der Waals surface area (Å²) in [5, 5.41) is 0. The molecule has 60 valence electrons. The Labute approximate surface area is 79.6 Å². The van der Waals surface area contributed by atoms with Crippen LogP contribution in [0, 0.1) is 0 Å². The number of nitrogens with zero attached hydrogens (tertiary/aromatic N) is 1. The van der Waals surface area contributed by atoms with Crippen LogP contribution in [0.25, 0.3) is 0 Å². The van der Waals surface area contributed by atoms with E-state index in [2.05, 4.69) is 27.0 Å². The van der Waals surface area contributed by atoms with Crippen LogP contribution in [0.3, 0.4) is 0 Å². The van der Waals surface area contributed by atoms with E-state index in [1.807, 2.05) is 6.21 Å². The van der Waals surface area contributed by atoms with Crippen LogP contribution >= 0.6 is 15.9 Å². The van der Waals surface area contributed by atoms with Gasteiger partial charge in [0.25, 0.3) is 0 Å². The van der Waals surface area contributed by atoms with Gasteiger partial charge < -0.3 is 0 Å². The largest absolute Gasteiger partial charge is 0.288 e. The number of aryl methyl sites for hydroxylation is 1. The SMILES string of the molecule is Brc1c2c(cc3c1CC3)C=NC2. The van der Waals surface area contributed by atoms with Crippen molar-refractivity contribution in [3.05, 3.63) is 32.8 Å². The van der Waals surface area contributed by atoms with Crippen LogP contribution in [0.1, 0.15) is 22.3 Å². The van der Waals surface area contributed by atoms with E-state index in [-0.39, 0.29) is 0 Å². The number of hydrogen-bond donors (Lipinski definition) is 0. The van der Waals surface area contributed by atoms with Crippen molar-refractivity contribution in [2.45, 2.75) is 19.4 Å². The Kier molecular flexibility index (Phi) is 1.25. The van der Waals surface area contributed by atoms with Gasteiger partial charge in [0, 0.05) is 10.7 Å². The van der Waals surface area contributed by atoms with Crippen molar-refractivity contribution in [3.63, 3.8) is 0 Å². The zero-order valence-corrected chi connectivity index (χ0v) is 8.19. The molecule has 1 aromatic rings. The summed E-state index contributed by atoms with van der Waals surface area (Å²) < 4.78 is 1.32. The van der Waals surface area contributed by atoms with Crippen LogP contribution in [0.4, 0.5) is 0 Å². The zero-order valence-electron chi connectivity index (χ0n) is 6.60. The van der Waals surface area contributed by atoms with Crippen molar-refractivity contribution in [3.8, 4) is 0 Å². The molecule has 0 bridgehead atoms. The second-order valence-corrected chi connectivity index (χ2v) is 4.16. The van der Waals surface area contributed by atoms with E-state index in [4.69, 9.17) is 0 Å². The number of aliphatic imine (C=N–C) groups is 1. The number of halogens is 1. The van der Waals surface area contributed by atoms with Gasteiger partial charge in [0.15, 0.2) is 0 Å². The Morgan fingerprint density at radius 1 is 1.25 bits per heavy atom. The molecule has 3 rings (SSSR count). The molecule has 2 aliphatic rings. The highest BCUT2D eigenvalue weighted by Gasteiger charge is 2.22. The lowest BCUT2D eigenvalue weighted by Crippen LogP contribution is -2.11. The summed E-state index contributed by atoms with van der Waals surface area (Å²) in [6.45, 7) is 0.864. The van der Waals surface area contributed by atoms with Crippen molar-refractivity contribution < 1.29 is 0 Å². The van der Waals surface area contributed by atoms with Crippen molar-refractivity contribution in [2.24, 2.45) is 4.99 Å². The van der Waals surface area contributed by atoms with E-state index in [0.29, 0.717) is 0 Å². The van der Waals surface area contributed by atoms with Gasteiger partial charge in [-0.2, -0.15) is 0 Å². The van der Waals surface area contributed by atoms with Gasteiger partial charge in [-0.1, -0.05) is 15.9 Å². The molecule has 12 heavy (non-hydrogen) atoms. The molecule has 0 aromatic heterocycles. The third kappa shape index (κ3) is 0.712. The van der Waals surface area contributed by atoms with Crippen LogP contribution in [-0.4, -0.2) is 6.21 Å². The minimum absolute atomic E-state index is 0.864. The van der Waals surface area contributed by atoms with Gasteiger partial charge in [-0.15, -0.1) is 0 Å². The van der Waals surface area contributed by atoms with E-state index in [1.54, 1.807) is 0 Å². The molecular weight excluding hydrogens is 214 g/mol. The molecule has 0 amide bonds. The Morgan fingerprint density at radius 3 is 2.92 bits per heavy atom. The van der Waals surface area contributed by atoms with Gasteiger partial charge in [0.05, 0.1) is 6.54 Å². The van der Waals surface area contributed by atoms with Crippen LogP contribution in [0.5, 0.6) is 0 Å². The molecule has 0 atom stereocenters. The molecule has 0 unspecified atom stereocenters. The first-order valence-corrected chi connectivity index (χ1v) is 4.98. The minimum Gasteiger partial charge on any atom is -0.288 e. The standard InChI is InChI=1S/C10H8BrN/c11-10-8-2-1-6(8)3-7-4-12-5-9(7)10/h3-4H,1-2,5H2. The molecule has 0 fully saturated rings. The van der Waals surface area contributed by atoms with E-state index in [0.717, 1.165) is 6.54 Å². The summed E-state index contributed by atoms with van der Waals surface area (Å²) >= 11 is 3.65. The lowest BCUT2D eigenvalue weighted by molar-refractivity contribution is 0.825. The van der Waals surface area contributed by atoms with Crippen molar-refractivity contribution in [1.82, 2.24) is 0 Å². The highest BCUT2D eigenvalue weighted by molar-refractivity contribution is 9.10. The molecule has 0 saturated heterocycles. The maximum absolute atomic E-state index is 4.27.